The largest absolute Gasteiger partial charge is 0.494 e. The standard InChI is InChI=1S/C23H21N3O5S2/c1-2-31-17-8-6-15(7-9-17)19-13-33-23(25-19)26-21(28)14-32-18-5-3-4-16(12-18)24-20(27)10-11-22(29)30/h3-13H,2,14H2,1H3,(H,24,27)(H,29,30)(H,25,26,28)/b11-10+. The molecule has 10 heteroatoms. The normalized spacial score (nSPS) is 10.7. The van der Waals surface area contributed by atoms with Gasteiger partial charge in [-0.25, -0.2) is 9.78 Å². The van der Waals surface area contributed by atoms with Gasteiger partial charge in [-0.15, -0.1) is 23.1 Å². The molecule has 3 aromatic rings. The minimum Gasteiger partial charge on any atom is -0.494 e. The summed E-state index contributed by atoms with van der Waals surface area (Å²) in [4.78, 5) is 39.8. The second-order valence-electron chi connectivity index (χ2n) is 6.52. The summed E-state index contributed by atoms with van der Waals surface area (Å²) in [5.74, 6) is -1.00. The monoisotopic (exact) mass is 483 g/mol. The average molecular weight is 484 g/mol. The third kappa shape index (κ3) is 7.78. The van der Waals surface area contributed by atoms with Gasteiger partial charge >= 0.3 is 5.97 Å². The van der Waals surface area contributed by atoms with Gasteiger partial charge in [-0.05, 0) is 49.4 Å². The fourth-order valence-electron chi connectivity index (χ4n) is 2.65. The van der Waals surface area contributed by atoms with Crippen molar-refractivity contribution in [2.24, 2.45) is 0 Å². The number of nitrogens with zero attached hydrogens (tertiary/aromatic N) is 1. The van der Waals surface area contributed by atoms with E-state index in [1.807, 2.05) is 42.6 Å². The molecule has 0 saturated heterocycles. The van der Waals surface area contributed by atoms with E-state index in [4.69, 9.17) is 9.84 Å². The fraction of sp³-hybridized carbons (Fsp3) is 0.130. The highest BCUT2D eigenvalue weighted by molar-refractivity contribution is 8.00. The van der Waals surface area contributed by atoms with Gasteiger partial charge in [0.1, 0.15) is 5.75 Å². The van der Waals surface area contributed by atoms with E-state index in [-0.39, 0.29) is 11.7 Å². The number of aromatic nitrogens is 1. The van der Waals surface area contributed by atoms with Crippen molar-refractivity contribution in [1.82, 2.24) is 4.98 Å². The third-order valence-electron chi connectivity index (χ3n) is 4.06. The molecule has 0 bridgehead atoms. The van der Waals surface area contributed by atoms with Crippen LogP contribution in [0.1, 0.15) is 6.92 Å². The van der Waals surface area contributed by atoms with E-state index in [1.54, 1.807) is 18.2 Å². The molecule has 3 N–H and O–H groups in total. The van der Waals surface area contributed by atoms with E-state index in [9.17, 15) is 14.4 Å². The van der Waals surface area contributed by atoms with Crippen molar-refractivity contribution in [1.29, 1.82) is 0 Å². The zero-order valence-electron chi connectivity index (χ0n) is 17.6. The Balaban J connectivity index is 1.51. The topological polar surface area (TPSA) is 118 Å². The van der Waals surface area contributed by atoms with Gasteiger partial charge < -0.3 is 20.5 Å². The number of rotatable bonds is 10. The van der Waals surface area contributed by atoms with E-state index in [0.29, 0.717) is 17.4 Å². The van der Waals surface area contributed by atoms with Crippen LogP contribution in [0.5, 0.6) is 5.75 Å². The van der Waals surface area contributed by atoms with Crippen LogP contribution in [-0.4, -0.2) is 40.2 Å². The molecule has 0 unspecified atom stereocenters. The van der Waals surface area contributed by atoms with Gasteiger partial charge in [-0.2, -0.15) is 0 Å². The molecule has 0 aliphatic carbocycles. The molecule has 0 radical (unpaired) electrons. The molecule has 0 aliphatic rings. The minimum atomic E-state index is -1.20. The zero-order valence-corrected chi connectivity index (χ0v) is 19.2. The van der Waals surface area contributed by atoms with E-state index in [1.165, 1.54) is 23.1 Å². The van der Waals surface area contributed by atoms with Crippen molar-refractivity contribution in [2.45, 2.75) is 11.8 Å². The molecule has 2 amide bonds. The second kappa shape index (κ2) is 11.8. The Kier molecular flexibility index (Phi) is 8.62. The SMILES string of the molecule is CCOc1ccc(-c2csc(NC(=O)CSc3cccc(NC(=O)/C=C/C(=O)O)c3)n2)cc1. The third-order valence-corrected chi connectivity index (χ3v) is 5.81. The molecule has 0 atom stereocenters. The highest BCUT2D eigenvalue weighted by Gasteiger charge is 2.10. The number of thiazole rings is 1. The van der Waals surface area contributed by atoms with Crippen LogP contribution >= 0.6 is 23.1 Å². The Morgan fingerprint density at radius 2 is 1.91 bits per heavy atom. The van der Waals surface area contributed by atoms with E-state index >= 15 is 0 Å². The van der Waals surface area contributed by atoms with Crippen molar-refractivity contribution in [3.8, 4) is 17.0 Å². The van der Waals surface area contributed by atoms with Crippen LogP contribution in [0.25, 0.3) is 11.3 Å². The fourth-order valence-corrected chi connectivity index (χ4v) is 4.14. The summed E-state index contributed by atoms with van der Waals surface area (Å²) in [7, 11) is 0. The lowest BCUT2D eigenvalue weighted by Gasteiger charge is -2.06. The van der Waals surface area contributed by atoms with Crippen molar-refractivity contribution in [3.05, 3.63) is 66.1 Å². The molecule has 0 fully saturated rings. The van der Waals surface area contributed by atoms with Crippen LogP contribution in [0.2, 0.25) is 0 Å². The number of hydrogen-bond donors (Lipinski definition) is 3. The van der Waals surface area contributed by atoms with E-state index in [2.05, 4.69) is 15.6 Å². The Morgan fingerprint density at radius 3 is 2.64 bits per heavy atom. The first-order valence-corrected chi connectivity index (χ1v) is 11.7. The Bertz CT molecular complexity index is 1160. The van der Waals surface area contributed by atoms with Gasteiger partial charge in [-0.1, -0.05) is 6.07 Å². The lowest BCUT2D eigenvalue weighted by Crippen LogP contribution is -2.13. The summed E-state index contributed by atoms with van der Waals surface area (Å²) < 4.78 is 5.44. The number of hydrogen-bond acceptors (Lipinski definition) is 7. The quantitative estimate of drug-likeness (QED) is 0.287. The minimum absolute atomic E-state index is 0.161. The van der Waals surface area contributed by atoms with Crippen molar-refractivity contribution in [3.63, 3.8) is 0 Å². The summed E-state index contributed by atoms with van der Waals surface area (Å²) in [6, 6.07) is 14.5. The van der Waals surface area contributed by atoms with Gasteiger partial charge in [0.25, 0.3) is 0 Å². The molecular weight excluding hydrogens is 462 g/mol. The number of amides is 2. The number of carboxylic acid groups (broad SMARTS) is 1. The smallest absolute Gasteiger partial charge is 0.328 e. The number of anilines is 2. The zero-order chi connectivity index (χ0) is 23.6. The number of ether oxygens (including phenoxy) is 1. The Labute approximate surface area is 198 Å². The van der Waals surface area contributed by atoms with Gasteiger partial charge in [-0.3, -0.25) is 9.59 Å². The molecule has 1 aromatic heterocycles. The summed E-state index contributed by atoms with van der Waals surface area (Å²) in [6.07, 6.45) is 1.70. The number of benzene rings is 2. The Hall–Kier alpha value is -3.63. The number of nitrogens with one attached hydrogen (secondary N) is 2. The molecular formula is C23H21N3O5S2. The van der Waals surface area contributed by atoms with Crippen LogP contribution in [0.4, 0.5) is 10.8 Å². The van der Waals surface area contributed by atoms with Gasteiger partial charge in [0.05, 0.1) is 18.1 Å². The predicted octanol–water partition coefficient (Wildman–Crippen LogP) is 4.52. The average Bonchev–Trinajstić information content (AvgIpc) is 3.26. The number of carboxylic acids is 1. The molecule has 0 aliphatic heterocycles. The first kappa shape index (κ1) is 24.0. The van der Waals surface area contributed by atoms with Crippen LogP contribution in [-0.2, 0) is 14.4 Å². The maximum atomic E-state index is 12.3. The van der Waals surface area contributed by atoms with Crippen LogP contribution in [0.3, 0.4) is 0 Å². The molecule has 170 valence electrons. The number of thioether (sulfide) groups is 1. The van der Waals surface area contributed by atoms with Crippen molar-refractivity contribution in [2.75, 3.05) is 23.0 Å². The molecule has 8 nitrogen and oxygen atoms in total. The number of carbonyl (C=O) groups excluding carboxylic acids is 2. The summed E-state index contributed by atoms with van der Waals surface area (Å²) in [5.41, 5.74) is 2.20. The second-order valence-corrected chi connectivity index (χ2v) is 8.43. The molecule has 3 rings (SSSR count). The van der Waals surface area contributed by atoms with Crippen molar-refractivity contribution < 1.29 is 24.2 Å². The van der Waals surface area contributed by atoms with Gasteiger partial charge in [0.15, 0.2) is 5.13 Å². The first-order valence-electron chi connectivity index (χ1n) is 9.86. The number of carbonyl (C=O) groups is 3. The summed E-state index contributed by atoms with van der Waals surface area (Å²) >= 11 is 2.65. The first-order chi connectivity index (χ1) is 15.9. The maximum Gasteiger partial charge on any atom is 0.328 e. The lowest BCUT2D eigenvalue weighted by atomic mass is 10.2. The highest BCUT2D eigenvalue weighted by atomic mass is 32.2. The van der Waals surface area contributed by atoms with E-state index in [0.717, 1.165) is 34.1 Å². The van der Waals surface area contributed by atoms with Crippen LogP contribution in [0.15, 0.2) is 71.0 Å². The molecule has 1 heterocycles. The number of aliphatic carboxylic acids is 1. The lowest BCUT2D eigenvalue weighted by molar-refractivity contribution is -0.131. The van der Waals surface area contributed by atoms with E-state index < -0.39 is 11.9 Å². The predicted molar refractivity (Wildman–Crippen MR) is 130 cm³/mol. The highest BCUT2D eigenvalue weighted by Crippen LogP contribution is 2.27. The van der Waals surface area contributed by atoms with Crippen LogP contribution < -0.4 is 15.4 Å². The maximum absolute atomic E-state index is 12.3. The molecule has 0 saturated carbocycles. The summed E-state index contributed by atoms with van der Waals surface area (Å²) in [5, 5.41) is 16.3. The van der Waals surface area contributed by atoms with Gasteiger partial charge in [0.2, 0.25) is 11.8 Å². The molecule has 2 aromatic carbocycles. The van der Waals surface area contributed by atoms with Crippen molar-refractivity contribution >= 4 is 51.7 Å². The van der Waals surface area contributed by atoms with Gasteiger partial charge in [0, 0.05) is 33.7 Å². The summed E-state index contributed by atoms with van der Waals surface area (Å²) in [6.45, 7) is 2.53. The Morgan fingerprint density at radius 1 is 1.12 bits per heavy atom. The molecule has 0 spiro atoms. The van der Waals surface area contributed by atoms with Crippen LogP contribution in [0, 0.1) is 0 Å². The molecule has 33 heavy (non-hydrogen) atoms.